The van der Waals surface area contributed by atoms with E-state index in [0.717, 1.165) is 17.1 Å². The van der Waals surface area contributed by atoms with Gasteiger partial charge in [-0.2, -0.15) is 0 Å². The van der Waals surface area contributed by atoms with Crippen LogP contribution in [0.4, 0.5) is 0 Å². The Balaban J connectivity index is 2.64. The molecule has 0 aromatic carbocycles. The van der Waals surface area contributed by atoms with Crippen LogP contribution in [0.25, 0.3) is 0 Å². The molecular weight excluding hydrogens is 284 g/mol. The molecule has 0 aliphatic heterocycles. The van der Waals surface area contributed by atoms with Crippen molar-refractivity contribution in [3.8, 4) is 0 Å². The summed E-state index contributed by atoms with van der Waals surface area (Å²) in [5, 5.41) is 3.55. The number of rotatable bonds is 8. The zero-order valence-corrected chi connectivity index (χ0v) is 13.5. The average molecular weight is 306 g/mol. The Labute approximate surface area is 119 Å². The Morgan fingerprint density at radius 1 is 1.42 bits per heavy atom. The van der Waals surface area contributed by atoms with Gasteiger partial charge in [0, 0.05) is 25.1 Å². The molecule has 0 spiro atoms. The molecule has 0 radical (unpaired) electrons. The summed E-state index contributed by atoms with van der Waals surface area (Å²) in [5.74, 6) is 0.0360. The molecule has 0 aliphatic rings. The quantitative estimate of drug-likeness (QED) is 0.737. The number of sulfone groups is 1. The molecule has 19 heavy (non-hydrogen) atoms. The van der Waals surface area contributed by atoms with Gasteiger partial charge >= 0.3 is 0 Å². The summed E-state index contributed by atoms with van der Waals surface area (Å²) in [4.78, 5) is 5.43. The van der Waals surface area contributed by atoms with Crippen molar-refractivity contribution in [3.63, 3.8) is 0 Å². The highest BCUT2D eigenvalue weighted by molar-refractivity contribution is 7.91. The van der Waals surface area contributed by atoms with Crippen LogP contribution in [0.5, 0.6) is 0 Å². The summed E-state index contributed by atoms with van der Waals surface area (Å²) < 4.78 is 28.7. The van der Waals surface area contributed by atoms with Gasteiger partial charge in [-0.05, 0) is 20.8 Å². The van der Waals surface area contributed by atoms with Crippen LogP contribution < -0.4 is 5.32 Å². The summed E-state index contributed by atoms with van der Waals surface area (Å²) in [5.41, 5.74) is 0.906. The molecule has 0 saturated heterocycles. The second kappa shape index (κ2) is 7.33. The molecule has 1 heterocycles. The Morgan fingerprint density at radius 3 is 2.68 bits per heavy atom. The van der Waals surface area contributed by atoms with Crippen molar-refractivity contribution in [2.75, 3.05) is 20.3 Å². The molecule has 1 aromatic heterocycles. The first kappa shape index (κ1) is 16.6. The molecule has 0 fully saturated rings. The van der Waals surface area contributed by atoms with Crippen molar-refractivity contribution >= 4 is 21.2 Å². The lowest BCUT2D eigenvalue weighted by Crippen LogP contribution is -2.18. The first-order valence-electron chi connectivity index (χ1n) is 6.23. The lowest BCUT2D eigenvalue weighted by atomic mass is 10.4. The minimum absolute atomic E-state index is 0.0360. The van der Waals surface area contributed by atoms with Crippen LogP contribution in [0.3, 0.4) is 0 Å². The van der Waals surface area contributed by atoms with Crippen LogP contribution >= 0.6 is 11.3 Å². The summed E-state index contributed by atoms with van der Waals surface area (Å²) in [7, 11) is -1.42. The van der Waals surface area contributed by atoms with E-state index >= 15 is 0 Å². The van der Waals surface area contributed by atoms with E-state index < -0.39 is 9.84 Å². The minimum atomic E-state index is -3.08. The maximum Gasteiger partial charge on any atom is 0.159 e. The minimum Gasteiger partial charge on any atom is -0.383 e. The molecule has 110 valence electrons. The van der Waals surface area contributed by atoms with E-state index in [-0.39, 0.29) is 11.0 Å². The predicted octanol–water partition coefficient (Wildman–Crippen LogP) is 1.51. The van der Waals surface area contributed by atoms with Crippen molar-refractivity contribution in [3.05, 3.63) is 15.6 Å². The average Bonchev–Trinajstić information content (AvgIpc) is 2.64. The largest absolute Gasteiger partial charge is 0.383 e. The maximum absolute atomic E-state index is 11.9. The van der Waals surface area contributed by atoms with Crippen LogP contribution in [0.1, 0.15) is 29.4 Å². The van der Waals surface area contributed by atoms with E-state index in [9.17, 15) is 8.42 Å². The number of aromatic nitrogens is 1. The second-order valence-corrected chi connectivity index (χ2v) is 8.37. The van der Waals surface area contributed by atoms with Gasteiger partial charge in [0.15, 0.2) is 9.84 Å². The molecule has 0 unspecified atom stereocenters. The monoisotopic (exact) mass is 306 g/mol. The maximum atomic E-state index is 11.9. The molecule has 1 aromatic rings. The van der Waals surface area contributed by atoms with E-state index in [1.54, 1.807) is 21.0 Å². The van der Waals surface area contributed by atoms with Crippen molar-refractivity contribution in [1.29, 1.82) is 0 Å². The van der Waals surface area contributed by atoms with Crippen LogP contribution in [-0.4, -0.2) is 38.9 Å². The fraction of sp³-hybridized carbons (Fsp3) is 0.750. The summed E-state index contributed by atoms with van der Waals surface area (Å²) in [6, 6.07) is 0. The zero-order valence-electron chi connectivity index (χ0n) is 11.9. The van der Waals surface area contributed by atoms with Gasteiger partial charge in [0.1, 0.15) is 10.8 Å². The van der Waals surface area contributed by atoms with E-state index in [2.05, 4.69) is 10.3 Å². The van der Waals surface area contributed by atoms with Crippen molar-refractivity contribution in [2.24, 2.45) is 0 Å². The number of nitrogens with zero attached hydrogens (tertiary/aromatic N) is 1. The highest BCUT2D eigenvalue weighted by Gasteiger charge is 2.19. The van der Waals surface area contributed by atoms with Crippen molar-refractivity contribution < 1.29 is 13.2 Å². The molecule has 0 atom stereocenters. The summed E-state index contributed by atoms with van der Waals surface area (Å²) in [6.45, 7) is 7.44. The van der Waals surface area contributed by atoms with Crippen molar-refractivity contribution in [1.82, 2.24) is 10.3 Å². The van der Waals surface area contributed by atoms with Gasteiger partial charge in [0.05, 0.1) is 17.6 Å². The third-order valence-corrected chi connectivity index (χ3v) is 6.20. The van der Waals surface area contributed by atoms with E-state index in [1.165, 1.54) is 11.3 Å². The van der Waals surface area contributed by atoms with E-state index in [0.29, 0.717) is 18.2 Å². The molecular formula is C12H22N2O3S2. The Morgan fingerprint density at radius 2 is 2.11 bits per heavy atom. The molecule has 5 nitrogen and oxygen atoms in total. The van der Waals surface area contributed by atoms with Crippen LogP contribution in [0.2, 0.25) is 0 Å². The SMILES string of the molecule is COCCNCc1sc(CS(=O)(=O)C(C)C)nc1C. The van der Waals surface area contributed by atoms with Crippen LogP contribution in [0.15, 0.2) is 0 Å². The number of aryl methyl sites for hydroxylation is 1. The highest BCUT2D eigenvalue weighted by Crippen LogP contribution is 2.21. The lowest BCUT2D eigenvalue weighted by molar-refractivity contribution is 0.199. The third-order valence-electron chi connectivity index (χ3n) is 2.75. The third kappa shape index (κ3) is 5.18. The molecule has 0 saturated carbocycles. The van der Waals surface area contributed by atoms with Gasteiger partial charge in [0.2, 0.25) is 0 Å². The lowest BCUT2D eigenvalue weighted by Gasteiger charge is -2.04. The fourth-order valence-electron chi connectivity index (χ4n) is 1.43. The normalized spacial score (nSPS) is 12.3. The molecule has 1 rings (SSSR count). The van der Waals surface area contributed by atoms with Gasteiger partial charge in [0.25, 0.3) is 0 Å². The topological polar surface area (TPSA) is 68.3 Å². The molecule has 0 amide bonds. The van der Waals surface area contributed by atoms with Crippen molar-refractivity contribution in [2.45, 2.75) is 38.3 Å². The first-order chi connectivity index (χ1) is 8.86. The molecule has 1 N–H and O–H groups in total. The van der Waals surface area contributed by atoms with E-state index in [4.69, 9.17) is 4.74 Å². The fourth-order valence-corrected chi connectivity index (χ4v) is 3.73. The van der Waals surface area contributed by atoms with Gasteiger partial charge in [-0.15, -0.1) is 11.3 Å². The zero-order chi connectivity index (χ0) is 14.5. The number of nitrogens with one attached hydrogen (secondary N) is 1. The van der Waals surface area contributed by atoms with Crippen LogP contribution in [-0.2, 0) is 26.9 Å². The molecule has 7 heteroatoms. The number of ether oxygens (including phenoxy) is 1. The standard InChI is InChI=1S/C12H22N2O3S2/c1-9(2)19(15,16)8-12-14-10(3)11(18-12)7-13-5-6-17-4/h9,13H,5-8H2,1-4H3. The second-order valence-electron chi connectivity index (χ2n) is 4.64. The van der Waals surface area contributed by atoms with Gasteiger partial charge < -0.3 is 10.1 Å². The highest BCUT2D eigenvalue weighted by atomic mass is 32.2. The number of methoxy groups -OCH3 is 1. The number of hydrogen-bond acceptors (Lipinski definition) is 6. The Hall–Kier alpha value is -0.500. The molecule has 0 aliphatic carbocycles. The van der Waals surface area contributed by atoms with Crippen LogP contribution in [0, 0.1) is 6.92 Å². The Bertz CT molecular complexity index is 495. The summed E-state index contributed by atoms with van der Waals surface area (Å²) in [6.07, 6.45) is 0. The van der Waals surface area contributed by atoms with Gasteiger partial charge in [-0.3, -0.25) is 0 Å². The molecule has 0 bridgehead atoms. The number of thiazole rings is 1. The summed E-state index contributed by atoms with van der Waals surface area (Å²) >= 11 is 1.47. The first-order valence-corrected chi connectivity index (χ1v) is 8.76. The van der Waals surface area contributed by atoms with E-state index in [1.807, 2.05) is 6.92 Å². The number of hydrogen-bond donors (Lipinski definition) is 1. The smallest absolute Gasteiger partial charge is 0.159 e. The van der Waals surface area contributed by atoms with Gasteiger partial charge in [-0.1, -0.05) is 0 Å². The van der Waals surface area contributed by atoms with Gasteiger partial charge in [-0.25, -0.2) is 13.4 Å². The Kier molecular flexibility index (Phi) is 6.38. The predicted molar refractivity (Wildman–Crippen MR) is 78.2 cm³/mol.